The van der Waals surface area contributed by atoms with E-state index in [0.29, 0.717) is 61.2 Å². The van der Waals surface area contributed by atoms with Crippen molar-refractivity contribution in [3.05, 3.63) is 11.4 Å². The predicted octanol–water partition coefficient (Wildman–Crippen LogP) is 2.23. The molecule has 8 heteroatoms. The highest BCUT2D eigenvalue weighted by molar-refractivity contribution is 7.89. The molecule has 7 nitrogen and oxygen atoms in total. The molecule has 1 saturated carbocycles. The molecule has 152 valence electrons. The summed E-state index contributed by atoms with van der Waals surface area (Å²) in [5.41, 5.74) is 1.19. The van der Waals surface area contributed by atoms with Gasteiger partial charge in [-0.2, -0.15) is 9.40 Å². The number of hydrogen-bond donors (Lipinski definition) is 0. The van der Waals surface area contributed by atoms with Crippen molar-refractivity contribution in [1.29, 1.82) is 0 Å². The van der Waals surface area contributed by atoms with E-state index in [1.807, 2.05) is 4.90 Å². The Bertz CT molecular complexity index is 781. The van der Waals surface area contributed by atoms with Gasteiger partial charge in [0.05, 0.1) is 11.4 Å². The molecule has 1 amide bonds. The molecule has 0 unspecified atom stereocenters. The Morgan fingerprint density at radius 3 is 2.37 bits per heavy atom. The maximum absolute atomic E-state index is 13.2. The van der Waals surface area contributed by atoms with E-state index in [1.165, 1.54) is 23.6 Å². The maximum Gasteiger partial charge on any atom is 0.246 e. The molecule has 1 aromatic rings. The van der Waals surface area contributed by atoms with Gasteiger partial charge >= 0.3 is 0 Å². The molecule has 27 heavy (non-hydrogen) atoms. The quantitative estimate of drug-likeness (QED) is 0.782. The Morgan fingerprint density at radius 2 is 1.74 bits per heavy atom. The minimum Gasteiger partial charge on any atom is -0.341 e. The Kier molecular flexibility index (Phi) is 6.25. The lowest BCUT2D eigenvalue weighted by molar-refractivity contribution is -0.132. The molecule has 0 atom stereocenters. The fourth-order valence-corrected chi connectivity index (χ4v) is 6.28. The Balaban J connectivity index is 1.66. The van der Waals surface area contributed by atoms with Gasteiger partial charge in [0.2, 0.25) is 15.9 Å². The molecule has 1 aliphatic heterocycles. The highest BCUT2D eigenvalue weighted by atomic mass is 32.2. The van der Waals surface area contributed by atoms with E-state index in [2.05, 4.69) is 5.10 Å². The lowest BCUT2D eigenvalue weighted by Crippen LogP contribution is -2.38. The summed E-state index contributed by atoms with van der Waals surface area (Å²) >= 11 is 0. The molecule has 0 aromatic carbocycles. The highest BCUT2D eigenvalue weighted by Gasteiger charge is 2.32. The summed E-state index contributed by atoms with van der Waals surface area (Å²) in [6.07, 6.45) is 7.34. The van der Waals surface area contributed by atoms with E-state index >= 15 is 0 Å². The number of nitrogens with zero attached hydrogens (tertiary/aromatic N) is 4. The first kappa shape index (κ1) is 20.3. The monoisotopic (exact) mass is 396 g/mol. The first-order valence-electron chi connectivity index (χ1n) is 10.1. The molecule has 0 spiro atoms. The van der Waals surface area contributed by atoms with E-state index in [9.17, 15) is 13.2 Å². The molecular formula is C19H32N4O3S. The molecule has 3 rings (SSSR count). The molecule has 2 fully saturated rings. The predicted molar refractivity (Wildman–Crippen MR) is 104 cm³/mol. The molecule has 0 bridgehead atoms. The van der Waals surface area contributed by atoms with Crippen molar-refractivity contribution in [3.8, 4) is 0 Å². The second-order valence-corrected chi connectivity index (χ2v) is 9.84. The normalized spacial score (nSPS) is 20.6. The van der Waals surface area contributed by atoms with Crippen molar-refractivity contribution < 1.29 is 13.2 Å². The van der Waals surface area contributed by atoms with Crippen molar-refractivity contribution in [3.63, 3.8) is 0 Å². The van der Waals surface area contributed by atoms with Crippen LogP contribution >= 0.6 is 0 Å². The summed E-state index contributed by atoms with van der Waals surface area (Å²) in [4.78, 5) is 14.9. The first-order chi connectivity index (χ1) is 12.8. The van der Waals surface area contributed by atoms with Crippen LogP contribution < -0.4 is 0 Å². The van der Waals surface area contributed by atoms with Crippen LogP contribution in [-0.4, -0.2) is 59.5 Å². The zero-order chi connectivity index (χ0) is 19.6. The van der Waals surface area contributed by atoms with Crippen molar-refractivity contribution >= 4 is 15.9 Å². The fourth-order valence-electron chi connectivity index (χ4n) is 4.41. The summed E-state index contributed by atoms with van der Waals surface area (Å²) in [6, 6.07) is 0. The standard InChI is InChI=1S/C19H32N4O3S/c1-15-19(16(2)21(3)20-15)27(25,26)23-11-7-10-22(12-13-23)18(24)14-17-8-5-4-6-9-17/h17H,4-14H2,1-3H3. The van der Waals surface area contributed by atoms with Crippen LogP contribution in [-0.2, 0) is 21.9 Å². The first-order valence-corrected chi connectivity index (χ1v) is 11.5. The average Bonchev–Trinajstić information content (AvgIpc) is 2.81. The van der Waals surface area contributed by atoms with Crippen LogP contribution in [0.5, 0.6) is 0 Å². The van der Waals surface area contributed by atoms with Gasteiger partial charge in [-0.3, -0.25) is 9.48 Å². The third-order valence-corrected chi connectivity index (χ3v) is 8.19. The number of sulfonamides is 1. The van der Waals surface area contributed by atoms with E-state index in [1.54, 1.807) is 25.6 Å². The number of amides is 1. The van der Waals surface area contributed by atoms with Crippen LogP contribution in [0.1, 0.15) is 56.3 Å². The van der Waals surface area contributed by atoms with Crippen LogP contribution in [0, 0.1) is 19.8 Å². The van der Waals surface area contributed by atoms with Crippen LogP contribution in [0.15, 0.2) is 4.90 Å². The van der Waals surface area contributed by atoms with Gasteiger partial charge < -0.3 is 4.90 Å². The third kappa shape index (κ3) is 4.37. The van der Waals surface area contributed by atoms with Gasteiger partial charge in [-0.25, -0.2) is 8.42 Å². The molecule has 0 N–H and O–H groups in total. The second kappa shape index (κ2) is 8.31. The SMILES string of the molecule is Cc1nn(C)c(C)c1S(=O)(=O)N1CCCN(C(=O)CC2CCCCC2)CC1. The van der Waals surface area contributed by atoms with Crippen molar-refractivity contribution in [1.82, 2.24) is 19.0 Å². The van der Waals surface area contributed by atoms with Gasteiger partial charge in [-0.1, -0.05) is 19.3 Å². The molecule has 0 radical (unpaired) electrons. The van der Waals surface area contributed by atoms with Gasteiger partial charge in [0, 0.05) is 39.6 Å². The van der Waals surface area contributed by atoms with Crippen LogP contribution in [0.25, 0.3) is 0 Å². The zero-order valence-corrected chi connectivity index (χ0v) is 17.6. The third-order valence-electron chi connectivity index (χ3n) is 6.04. The van der Waals surface area contributed by atoms with Gasteiger partial charge in [0.1, 0.15) is 4.90 Å². The summed E-state index contributed by atoms with van der Waals surface area (Å²) in [5.74, 6) is 0.699. The number of carbonyl (C=O) groups excluding carboxylic acids is 1. The minimum absolute atomic E-state index is 0.190. The lowest BCUT2D eigenvalue weighted by Gasteiger charge is -2.26. The van der Waals surface area contributed by atoms with E-state index in [-0.39, 0.29) is 5.91 Å². The molecular weight excluding hydrogens is 364 g/mol. The average molecular weight is 397 g/mol. The lowest BCUT2D eigenvalue weighted by atomic mass is 9.86. The number of aromatic nitrogens is 2. The molecule has 1 saturated heterocycles. The Labute approximate surface area is 162 Å². The van der Waals surface area contributed by atoms with E-state index < -0.39 is 10.0 Å². The number of aryl methyl sites for hydroxylation is 2. The summed E-state index contributed by atoms with van der Waals surface area (Å²) < 4.78 is 29.5. The highest BCUT2D eigenvalue weighted by Crippen LogP contribution is 2.28. The van der Waals surface area contributed by atoms with E-state index in [0.717, 1.165) is 12.8 Å². The minimum atomic E-state index is -3.59. The second-order valence-electron chi connectivity index (χ2n) is 7.97. The Hall–Kier alpha value is -1.41. The number of carbonyl (C=O) groups is 1. The van der Waals surface area contributed by atoms with Crippen molar-refractivity contribution in [2.45, 2.75) is 63.7 Å². The molecule has 1 aliphatic carbocycles. The van der Waals surface area contributed by atoms with Gasteiger partial charge in [-0.15, -0.1) is 0 Å². The summed E-state index contributed by atoms with van der Waals surface area (Å²) in [7, 11) is -1.83. The van der Waals surface area contributed by atoms with Gasteiger partial charge in [0.15, 0.2) is 0 Å². The fraction of sp³-hybridized carbons (Fsp3) is 0.789. The largest absolute Gasteiger partial charge is 0.341 e. The number of hydrogen-bond acceptors (Lipinski definition) is 4. The summed E-state index contributed by atoms with van der Waals surface area (Å²) in [6.45, 7) is 5.43. The van der Waals surface area contributed by atoms with Crippen LogP contribution in [0.3, 0.4) is 0 Å². The number of rotatable bonds is 4. The summed E-state index contributed by atoms with van der Waals surface area (Å²) in [5, 5.41) is 4.25. The molecule has 1 aromatic heterocycles. The van der Waals surface area contributed by atoms with Gasteiger partial charge in [-0.05, 0) is 39.0 Å². The van der Waals surface area contributed by atoms with Crippen molar-refractivity contribution in [2.24, 2.45) is 13.0 Å². The molecule has 2 heterocycles. The topological polar surface area (TPSA) is 75.5 Å². The van der Waals surface area contributed by atoms with Crippen LogP contribution in [0.2, 0.25) is 0 Å². The smallest absolute Gasteiger partial charge is 0.246 e. The van der Waals surface area contributed by atoms with Crippen LogP contribution in [0.4, 0.5) is 0 Å². The van der Waals surface area contributed by atoms with Gasteiger partial charge in [0.25, 0.3) is 0 Å². The van der Waals surface area contributed by atoms with Crippen molar-refractivity contribution in [2.75, 3.05) is 26.2 Å². The van der Waals surface area contributed by atoms with E-state index in [4.69, 9.17) is 0 Å². The molecule has 2 aliphatic rings. The maximum atomic E-state index is 13.2. The zero-order valence-electron chi connectivity index (χ0n) is 16.8. The Morgan fingerprint density at radius 1 is 1.04 bits per heavy atom.